The maximum atomic E-state index is 13.2. The van der Waals surface area contributed by atoms with Gasteiger partial charge < -0.3 is 5.32 Å². The minimum absolute atomic E-state index is 0.00116. The third-order valence-corrected chi connectivity index (χ3v) is 1.95. The van der Waals surface area contributed by atoms with E-state index in [2.05, 4.69) is 5.32 Å². The van der Waals surface area contributed by atoms with Crippen LogP contribution >= 0.6 is 0 Å². The molecule has 0 aliphatic carbocycles. The molecule has 0 radical (unpaired) electrons. The van der Waals surface area contributed by atoms with Gasteiger partial charge in [-0.3, -0.25) is 9.59 Å². The van der Waals surface area contributed by atoms with Gasteiger partial charge in [-0.2, -0.15) is 0 Å². The van der Waals surface area contributed by atoms with E-state index in [0.29, 0.717) is 0 Å². The highest BCUT2D eigenvalue weighted by molar-refractivity contribution is 6.01. The first-order valence-corrected chi connectivity index (χ1v) is 4.58. The maximum absolute atomic E-state index is 13.2. The summed E-state index contributed by atoms with van der Waals surface area (Å²) >= 11 is 0. The third kappa shape index (κ3) is 2.87. The fourth-order valence-corrected chi connectivity index (χ4v) is 1.26. The lowest BCUT2D eigenvalue weighted by atomic mass is 10.1. The second-order valence-electron chi connectivity index (χ2n) is 3.27. The van der Waals surface area contributed by atoms with Crippen LogP contribution in [0.1, 0.15) is 24.2 Å². The lowest BCUT2D eigenvalue weighted by Gasteiger charge is -2.11. The number of Topliss-reactive ketones (excluding diaryl/α,β-unsaturated/α-hetero) is 1. The molecule has 4 heteroatoms. The summed E-state index contributed by atoms with van der Waals surface area (Å²) in [5, 5.41) is 2.41. The molecular weight excluding hydrogens is 197 g/mol. The van der Waals surface area contributed by atoms with Crippen molar-refractivity contribution in [1.29, 1.82) is 0 Å². The van der Waals surface area contributed by atoms with Crippen molar-refractivity contribution in [2.45, 2.75) is 19.9 Å². The van der Waals surface area contributed by atoms with Gasteiger partial charge in [0, 0.05) is 6.92 Å². The van der Waals surface area contributed by atoms with Gasteiger partial charge in [0.1, 0.15) is 5.82 Å². The van der Waals surface area contributed by atoms with Gasteiger partial charge in [-0.1, -0.05) is 12.1 Å². The predicted molar refractivity (Wildman–Crippen MR) is 54.0 cm³/mol. The summed E-state index contributed by atoms with van der Waals surface area (Å²) in [5.41, 5.74) is -0.00116. The maximum Gasteiger partial charge on any atom is 0.217 e. The van der Waals surface area contributed by atoms with E-state index in [1.165, 1.54) is 32.0 Å². The number of benzene rings is 1. The van der Waals surface area contributed by atoms with Crippen LogP contribution in [0.3, 0.4) is 0 Å². The molecule has 1 N–H and O–H groups in total. The van der Waals surface area contributed by atoms with Gasteiger partial charge in [0.25, 0.3) is 0 Å². The zero-order valence-electron chi connectivity index (χ0n) is 8.58. The van der Waals surface area contributed by atoms with E-state index in [4.69, 9.17) is 0 Å². The Bertz CT molecular complexity index is 390. The number of ketones is 1. The van der Waals surface area contributed by atoms with E-state index >= 15 is 0 Å². The molecule has 0 spiro atoms. The standard InChI is InChI=1S/C11H12FNO2/c1-7(13-8(2)14)11(15)9-5-3-4-6-10(9)12/h3-7H,1-2H3,(H,13,14). The lowest BCUT2D eigenvalue weighted by Crippen LogP contribution is -2.37. The summed E-state index contributed by atoms with van der Waals surface area (Å²) in [6.07, 6.45) is 0. The number of carbonyl (C=O) groups is 2. The van der Waals surface area contributed by atoms with Gasteiger partial charge in [0.2, 0.25) is 5.91 Å². The zero-order valence-corrected chi connectivity index (χ0v) is 8.58. The quantitative estimate of drug-likeness (QED) is 0.767. The summed E-state index contributed by atoms with van der Waals surface area (Å²) in [4.78, 5) is 22.4. The van der Waals surface area contributed by atoms with E-state index in [0.717, 1.165) is 0 Å². The summed E-state index contributed by atoms with van der Waals surface area (Å²) in [5.74, 6) is -1.31. The lowest BCUT2D eigenvalue weighted by molar-refractivity contribution is -0.119. The summed E-state index contributed by atoms with van der Waals surface area (Å²) < 4.78 is 13.2. The number of hydrogen-bond donors (Lipinski definition) is 1. The number of hydrogen-bond acceptors (Lipinski definition) is 2. The number of amides is 1. The molecule has 0 fully saturated rings. The average Bonchev–Trinajstić information content (AvgIpc) is 2.16. The molecule has 3 nitrogen and oxygen atoms in total. The van der Waals surface area contributed by atoms with Gasteiger partial charge in [-0.25, -0.2) is 4.39 Å². The molecule has 1 rings (SSSR count). The Morgan fingerprint density at radius 2 is 1.93 bits per heavy atom. The molecule has 0 aliphatic heterocycles. The molecule has 0 heterocycles. The predicted octanol–water partition coefficient (Wildman–Crippen LogP) is 1.53. The number of carbonyl (C=O) groups excluding carboxylic acids is 2. The first-order chi connectivity index (χ1) is 7.02. The second kappa shape index (κ2) is 4.68. The van der Waals surface area contributed by atoms with E-state index in [-0.39, 0.29) is 11.5 Å². The van der Waals surface area contributed by atoms with Crippen molar-refractivity contribution in [2.75, 3.05) is 0 Å². The van der Waals surface area contributed by atoms with Crippen molar-refractivity contribution in [3.05, 3.63) is 35.6 Å². The van der Waals surface area contributed by atoms with Crippen LogP contribution in [-0.2, 0) is 4.79 Å². The van der Waals surface area contributed by atoms with Gasteiger partial charge in [0.15, 0.2) is 5.78 Å². The highest BCUT2D eigenvalue weighted by Crippen LogP contribution is 2.09. The van der Waals surface area contributed by atoms with E-state index in [9.17, 15) is 14.0 Å². The minimum atomic E-state index is -0.709. The Kier molecular flexibility index (Phi) is 3.55. The SMILES string of the molecule is CC(=O)NC(C)C(=O)c1ccccc1F. The van der Waals surface area contributed by atoms with E-state index in [1.54, 1.807) is 6.07 Å². The Morgan fingerprint density at radius 1 is 1.33 bits per heavy atom. The molecule has 15 heavy (non-hydrogen) atoms. The topological polar surface area (TPSA) is 46.2 Å². The Labute approximate surface area is 87.3 Å². The van der Waals surface area contributed by atoms with Crippen molar-refractivity contribution in [1.82, 2.24) is 5.32 Å². The molecule has 80 valence electrons. The molecular formula is C11H12FNO2. The Hall–Kier alpha value is -1.71. The molecule has 1 amide bonds. The molecule has 1 aromatic rings. The molecule has 0 saturated heterocycles. The molecule has 1 aromatic carbocycles. The highest BCUT2D eigenvalue weighted by Gasteiger charge is 2.18. The molecule has 1 atom stereocenters. The average molecular weight is 209 g/mol. The van der Waals surface area contributed by atoms with Crippen LogP contribution in [0.5, 0.6) is 0 Å². The van der Waals surface area contributed by atoms with Crippen LogP contribution in [0, 0.1) is 5.82 Å². The van der Waals surface area contributed by atoms with Gasteiger partial charge >= 0.3 is 0 Å². The fraction of sp³-hybridized carbons (Fsp3) is 0.273. The fourth-order valence-electron chi connectivity index (χ4n) is 1.26. The smallest absolute Gasteiger partial charge is 0.217 e. The van der Waals surface area contributed by atoms with Crippen LogP contribution in [0.15, 0.2) is 24.3 Å². The Morgan fingerprint density at radius 3 is 2.47 bits per heavy atom. The van der Waals surface area contributed by atoms with Gasteiger partial charge in [-0.15, -0.1) is 0 Å². The first kappa shape index (κ1) is 11.4. The van der Waals surface area contributed by atoms with Crippen LogP contribution in [0.25, 0.3) is 0 Å². The van der Waals surface area contributed by atoms with Gasteiger partial charge in [-0.05, 0) is 19.1 Å². The zero-order chi connectivity index (χ0) is 11.4. The minimum Gasteiger partial charge on any atom is -0.346 e. The summed E-state index contributed by atoms with van der Waals surface area (Å²) in [6.45, 7) is 2.83. The molecule has 0 saturated carbocycles. The van der Waals surface area contributed by atoms with Crippen molar-refractivity contribution >= 4 is 11.7 Å². The van der Waals surface area contributed by atoms with Crippen LogP contribution in [0.2, 0.25) is 0 Å². The monoisotopic (exact) mass is 209 g/mol. The third-order valence-electron chi connectivity index (χ3n) is 1.95. The van der Waals surface area contributed by atoms with Crippen molar-refractivity contribution < 1.29 is 14.0 Å². The van der Waals surface area contributed by atoms with Crippen LogP contribution in [0.4, 0.5) is 4.39 Å². The molecule has 0 bridgehead atoms. The van der Waals surface area contributed by atoms with Crippen molar-refractivity contribution in [2.24, 2.45) is 0 Å². The molecule has 0 aromatic heterocycles. The molecule has 0 aliphatic rings. The van der Waals surface area contributed by atoms with Crippen molar-refractivity contribution in [3.8, 4) is 0 Å². The normalized spacial score (nSPS) is 11.9. The number of nitrogens with one attached hydrogen (secondary N) is 1. The summed E-state index contributed by atoms with van der Waals surface area (Å²) in [6, 6.07) is 5.00. The van der Waals surface area contributed by atoms with E-state index in [1.807, 2.05) is 0 Å². The van der Waals surface area contributed by atoms with Gasteiger partial charge in [0.05, 0.1) is 11.6 Å². The van der Waals surface area contributed by atoms with Crippen LogP contribution < -0.4 is 5.32 Å². The molecule has 1 unspecified atom stereocenters. The van der Waals surface area contributed by atoms with Crippen LogP contribution in [-0.4, -0.2) is 17.7 Å². The highest BCUT2D eigenvalue weighted by atomic mass is 19.1. The number of rotatable bonds is 3. The van der Waals surface area contributed by atoms with Crippen molar-refractivity contribution in [3.63, 3.8) is 0 Å². The second-order valence-corrected chi connectivity index (χ2v) is 3.27. The largest absolute Gasteiger partial charge is 0.346 e. The Balaban J connectivity index is 2.85. The first-order valence-electron chi connectivity index (χ1n) is 4.58. The van der Waals surface area contributed by atoms with E-state index < -0.39 is 17.6 Å². The summed E-state index contributed by atoms with van der Waals surface area (Å²) in [7, 11) is 0. The number of halogens is 1.